The lowest BCUT2D eigenvalue weighted by Crippen LogP contribution is -2.10. The van der Waals surface area contributed by atoms with Crippen LogP contribution in [0.4, 0.5) is 17.1 Å². The van der Waals surface area contributed by atoms with Gasteiger partial charge in [-0.15, -0.1) is 0 Å². The van der Waals surface area contributed by atoms with Crippen molar-refractivity contribution in [3.05, 3.63) is 170 Å². The highest BCUT2D eigenvalue weighted by Gasteiger charge is 2.26. The average Bonchev–Trinajstić information content (AvgIpc) is 3.80. The van der Waals surface area contributed by atoms with Crippen LogP contribution in [-0.4, -0.2) is 9.55 Å². The zero-order valence-electron chi connectivity index (χ0n) is 26.6. The van der Waals surface area contributed by atoms with Gasteiger partial charge in [-0.1, -0.05) is 115 Å². The third-order valence-corrected chi connectivity index (χ3v) is 10.4. The molecule has 1 N–H and O–H groups in total. The van der Waals surface area contributed by atoms with E-state index in [-0.39, 0.29) is 0 Å². The second kappa shape index (κ2) is 9.96. The summed E-state index contributed by atoms with van der Waals surface area (Å²) in [5.41, 5.74) is 13.1. The third kappa shape index (κ3) is 3.78. The van der Waals surface area contributed by atoms with Crippen LogP contribution in [0.3, 0.4) is 0 Å². The summed E-state index contributed by atoms with van der Waals surface area (Å²) >= 11 is 0. The first-order valence-corrected chi connectivity index (χ1v) is 16.9. The first-order chi connectivity index (χ1) is 24.3. The lowest BCUT2D eigenvalue weighted by molar-refractivity contribution is 1.18. The van der Waals surface area contributed by atoms with Crippen molar-refractivity contribution in [1.82, 2.24) is 9.55 Å². The Morgan fingerprint density at radius 3 is 1.96 bits per heavy atom. The van der Waals surface area contributed by atoms with Crippen molar-refractivity contribution in [3.63, 3.8) is 0 Å². The minimum absolute atomic E-state index is 1.11. The Bertz CT molecular complexity index is 2940. The zero-order chi connectivity index (χ0) is 32.1. The van der Waals surface area contributed by atoms with Crippen molar-refractivity contribution < 1.29 is 0 Å². The molecule has 0 fully saturated rings. The van der Waals surface area contributed by atoms with Crippen molar-refractivity contribution in [3.8, 4) is 28.1 Å². The topological polar surface area (TPSA) is 24.0 Å². The van der Waals surface area contributed by atoms with Crippen molar-refractivity contribution >= 4 is 71.3 Å². The van der Waals surface area contributed by atoms with Crippen molar-refractivity contribution in [1.29, 1.82) is 0 Å². The van der Waals surface area contributed by atoms with E-state index in [2.05, 4.69) is 184 Å². The molecule has 0 bridgehead atoms. The highest BCUT2D eigenvalue weighted by molar-refractivity contribution is 6.21. The van der Waals surface area contributed by atoms with Crippen LogP contribution in [0.5, 0.6) is 0 Å². The summed E-state index contributed by atoms with van der Waals surface area (Å²) in [6.07, 6.45) is 0. The van der Waals surface area contributed by atoms with E-state index in [4.69, 9.17) is 0 Å². The van der Waals surface area contributed by atoms with E-state index in [9.17, 15) is 0 Å². The maximum absolute atomic E-state index is 3.86. The lowest BCUT2D eigenvalue weighted by Gasteiger charge is -2.26. The molecule has 11 rings (SSSR count). The van der Waals surface area contributed by atoms with E-state index >= 15 is 0 Å². The van der Waals surface area contributed by atoms with Gasteiger partial charge >= 0.3 is 0 Å². The molecular weight excluding hydrogens is 595 g/mol. The van der Waals surface area contributed by atoms with E-state index < -0.39 is 0 Å². The molecule has 0 aliphatic heterocycles. The largest absolute Gasteiger partial charge is 0.354 e. The van der Waals surface area contributed by atoms with Crippen LogP contribution in [0.1, 0.15) is 0 Å². The molecular formula is C46H29N3. The number of rotatable bonds is 4. The minimum atomic E-state index is 1.11. The van der Waals surface area contributed by atoms with Gasteiger partial charge in [0, 0.05) is 55.6 Å². The van der Waals surface area contributed by atoms with Gasteiger partial charge in [-0.25, -0.2) is 0 Å². The van der Waals surface area contributed by atoms with Gasteiger partial charge in [0.15, 0.2) is 0 Å². The maximum atomic E-state index is 3.86. The van der Waals surface area contributed by atoms with E-state index in [1.807, 2.05) is 0 Å². The number of aromatic nitrogens is 2. The molecule has 0 spiro atoms. The number of nitrogens with zero attached hydrogens (tertiary/aromatic N) is 2. The molecule has 0 amide bonds. The monoisotopic (exact) mass is 623 g/mol. The predicted molar refractivity (Wildman–Crippen MR) is 207 cm³/mol. The molecule has 228 valence electrons. The van der Waals surface area contributed by atoms with Crippen LogP contribution in [0.2, 0.25) is 0 Å². The van der Waals surface area contributed by atoms with Crippen molar-refractivity contribution in [2.45, 2.75) is 0 Å². The summed E-state index contributed by atoms with van der Waals surface area (Å²) in [4.78, 5) is 6.26. The minimum Gasteiger partial charge on any atom is -0.354 e. The quantitative estimate of drug-likeness (QED) is 0.207. The number of H-pyrrole nitrogens is 1. The van der Waals surface area contributed by atoms with E-state index in [1.165, 1.54) is 71.1 Å². The summed E-state index contributed by atoms with van der Waals surface area (Å²) in [5.74, 6) is 0. The Balaban J connectivity index is 1.15. The molecule has 3 heteroatoms. The van der Waals surface area contributed by atoms with Crippen molar-refractivity contribution in [2.75, 3.05) is 4.90 Å². The van der Waals surface area contributed by atoms with Crippen LogP contribution in [0, 0.1) is 0 Å². The number of benzene rings is 8. The molecule has 0 unspecified atom stereocenters. The predicted octanol–water partition coefficient (Wildman–Crippen LogP) is 12.7. The summed E-state index contributed by atoms with van der Waals surface area (Å²) in [5, 5.41) is 8.82. The SMILES string of the molecule is c1ccc(-n2c3ccccc3c3ccc(N(c4ccc5ccccc5c4)c4ccc5c6c([nH]c5c4)-c4cccc5cccc-6c45)cc32)cc1. The highest BCUT2D eigenvalue weighted by atomic mass is 15.1. The van der Waals surface area contributed by atoms with Crippen LogP contribution < -0.4 is 4.90 Å². The Hall–Kier alpha value is -6.58. The molecule has 0 saturated carbocycles. The van der Waals surface area contributed by atoms with Gasteiger partial charge in [-0.05, 0) is 81.7 Å². The molecule has 10 aromatic rings. The maximum Gasteiger partial charge on any atom is 0.0561 e. The van der Waals surface area contributed by atoms with Crippen LogP contribution in [0.15, 0.2) is 170 Å². The molecule has 0 radical (unpaired) electrons. The molecule has 1 aliphatic carbocycles. The van der Waals surface area contributed by atoms with Crippen molar-refractivity contribution in [2.24, 2.45) is 0 Å². The number of para-hydroxylation sites is 2. The van der Waals surface area contributed by atoms with Gasteiger partial charge in [0.2, 0.25) is 0 Å². The first-order valence-electron chi connectivity index (χ1n) is 16.9. The molecule has 1 aliphatic rings. The fraction of sp³-hybridized carbons (Fsp3) is 0. The van der Waals surface area contributed by atoms with Gasteiger partial charge < -0.3 is 14.5 Å². The molecule has 0 atom stereocenters. The average molecular weight is 624 g/mol. The molecule has 2 aromatic heterocycles. The molecule has 2 heterocycles. The second-order valence-corrected chi connectivity index (χ2v) is 13.1. The summed E-state index contributed by atoms with van der Waals surface area (Å²) in [6, 6.07) is 61.9. The Morgan fingerprint density at radius 1 is 0.429 bits per heavy atom. The fourth-order valence-corrected chi connectivity index (χ4v) is 8.28. The zero-order valence-corrected chi connectivity index (χ0v) is 26.6. The van der Waals surface area contributed by atoms with Gasteiger partial charge in [0.1, 0.15) is 0 Å². The number of hydrogen-bond acceptors (Lipinski definition) is 1. The van der Waals surface area contributed by atoms with E-state index in [0.717, 1.165) is 28.3 Å². The highest BCUT2D eigenvalue weighted by Crippen LogP contribution is 2.51. The second-order valence-electron chi connectivity index (χ2n) is 13.1. The first kappa shape index (κ1) is 26.5. The molecule has 8 aromatic carbocycles. The molecule has 0 saturated heterocycles. The van der Waals surface area contributed by atoms with Crippen LogP contribution in [0.25, 0.3) is 82.3 Å². The molecule has 3 nitrogen and oxygen atoms in total. The van der Waals surface area contributed by atoms with Gasteiger partial charge in [0.25, 0.3) is 0 Å². The van der Waals surface area contributed by atoms with Gasteiger partial charge in [-0.3, -0.25) is 0 Å². The molecule has 49 heavy (non-hydrogen) atoms. The number of nitrogens with one attached hydrogen (secondary N) is 1. The number of aromatic amines is 1. The van der Waals surface area contributed by atoms with Crippen LogP contribution >= 0.6 is 0 Å². The summed E-state index contributed by atoms with van der Waals surface area (Å²) in [6.45, 7) is 0. The lowest BCUT2D eigenvalue weighted by atomic mass is 10.0. The summed E-state index contributed by atoms with van der Waals surface area (Å²) < 4.78 is 2.39. The number of fused-ring (bicyclic) bond motifs is 9. The normalized spacial score (nSPS) is 12.1. The van der Waals surface area contributed by atoms with Gasteiger partial charge in [-0.2, -0.15) is 0 Å². The summed E-state index contributed by atoms with van der Waals surface area (Å²) in [7, 11) is 0. The Morgan fingerprint density at radius 2 is 1.08 bits per heavy atom. The third-order valence-electron chi connectivity index (χ3n) is 10.4. The van der Waals surface area contributed by atoms with Crippen LogP contribution in [-0.2, 0) is 0 Å². The Labute approximate surface area is 282 Å². The smallest absolute Gasteiger partial charge is 0.0561 e. The number of anilines is 3. The standard InChI is InChI=1S/C46H29N3/c1-2-14-32(15-3-1)49-42-19-7-6-16-36(42)37-24-22-35(28-43(37)49)48(33-21-20-29-10-4-5-11-31(29)26-33)34-23-25-38-41(27-34)47-46-40-18-9-13-30-12-8-17-39(44(30)40)45(38)46/h1-28,47H. The Kier molecular flexibility index (Phi) is 5.38. The fourth-order valence-electron chi connectivity index (χ4n) is 8.28. The van der Waals surface area contributed by atoms with E-state index in [0.29, 0.717) is 0 Å². The van der Waals surface area contributed by atoms with E-state index in [1.54, 1.807) is 0 Å². The van der Waals surface area contributed by atoms with Gasteiger partial charge in [0.05, 0.1) is 16.7 Å². The number of hydrogen-bond donors (Lipinski definition) is 1.